The summed E-state index contributed by atoms with van der Waals surface area (Å²) < 4.78 is 5.40. The van der Waals surface area contributed by atoms with E-state index in [-0.39, 0.29) is 11.8 Å². The maximum atomic E-state index is 12.9. The van der Waals surface area contributed by atoms with Gasteiger partial charge < -0.3 is 25.6 Å². The van der Waals surface area contributed by atoms with Crippen molar-refractivity contribution in [3.05, 3.63) is 83.9 Å². The van der Waals surface area contributed by atoms with Crippen molar-refractivity contribution in [3.8, 4) is 0 Å². The Bertz CT molecular complexity index is 1120. The standard InChI is InChI=1S/C27H30N4O3/c1-19-7-9-21(10-8-19)30-27(33)24-5-3-4-6-25(24)28-20(2)26(32)29-22-11-13-23(14-12-22)31-15-17-34-18-16-31/h3-14,20,28H,15-18H2,1-2H3,(H,29,32)(H,30,33)/t20-/m0/s1. The Morgan fingerprint density at radius 1 is 0.853 bits per heavy atom. The number of nitrogens with one attached hydrogen (secondary N) is 3. The number of hydrogen-bond acceptors (Lipinski definition) is 5. The van der Waals surface area contributed by atoms with Crippen LogP contribution in [0.25, 0.3) is 0 Å². The first-order chi connectivity index (χ1) is 16.5. The molecule has 7 heteroatoms. The quantitative estimate of drug-likeness (QED) is 0.485. The van der Waals surface area contributed by atoms with E-state index in [0.29, 0.717) is 11.3 Å². The number of amides is 2. The normalized spacial score (nSPS) is 14.2. The maximum Gasteiger partial charge on any atom is 0.257 e. The average molecular weight is 459 g/mol. The molecule has 4 rings (SSSR count). The molecule has 0 aromatic heterocycles. The summed E-state index contributed by atoms with van der Waals surface area (Å²) in [5, 5.41) is 9.02. The Balaban J connectivity index is 1.37. The molecular formula is C27H30N4O3. The summed E-state index contributed by atoms with van der Waals surface area (Å²) >= 11 is 0. The first-order valence-electron chi connectivity index (χ1n) is 11.5. The zero-order valence-electron chi connectivity index (χ0n) is 19.5. The van der Waals surface area contributed by atoms with E-state index in [4.69, 9.17) is 4.74 Å². The number of carbonyl (C=O) groups is 2. The SMILES string of the molecule is Cc1ccc(NC(=O)c2ccccc2N[C@@H](C)C(=O)Nc2ccc(N3CCOCC3)cc2)cc1. The Labute approximate surface area is 200 Å². The van der Waals surface area contributed by atoms with Crippen molar-refractivity contribution in [1.29, 1.82) is 0 Å². The second-order valence-corrected chi connectivity index (χ2v) is 8.37. The van der Waals surface area contributed by atoms with Gasteiger partial charge in [-0.15, -0.1) is 0 Å². The molecule has 1 atom stereocenters. The van der Waals surface area contributed by atoms with Crippen molar-refractivity contribution < 1.29 is 14.3 Å². The molecule has 1 aliphatic rings. The summed E-state index contributed by atoms with van der Waals surface area (Å²) in [5.41, 5.74) is 4.74. The molecule has 1 fully saturated rings. The number of rotatable bonds is 7. The van der Waals surface area contributed by atoms with Crippen LogP contribution in [0.5, 0.6) is 0 Å². The molecule has 0 radical (unpaired) electrons. The third-order valence-corrected chi connectivity index (χ3v) is 5.76. The summed E-state index contributed by atoms with van der Waals surface area (Å²) in [6.45, 7) is 6.95. The van der Waals surface area contributed by atoms with Gasteiger partial charge in [0.1, 0.15) is 6.04 Å². The highest BCUT2D eigenvalue weighted by Gasteiger charge is 2.18. The van der Waals surface area contributed by atoms with Crippen LogP contribution in [0.2, 0.25) is 0 Å². The first kappa shape index (κ1) is 23.3. The lowest BCUT2D eigenvalue weighted by atomic mass is 10.1. The molecule has 0 bridgehead atoms. The van der Waals surface area contributed by atoms with Crippen LogP contribution < -0.4 is 20.9 Å². The van der Waals surface area contributed by atoms with Crippen LogP contribution in [-0.2, 0) is 9.53 Å². The molecule has 34 heavy (non-hydrogen) atoms. The molecule has 7 nitrogen and oxygen atoms in total. The van der Waals surface area contributed by atoms with E-state index in [2.05, 4.69) is 20.9 Å². The van der Waals surface area contributed by atoms with Crippen molar-refractivity contribution in [2.45, 2.75) is 19.9 Å². The molecule has 0 unspecified atom stereocenters. The second-order valence-electron chi connectivity index (χ2n) is 8.37. The monoisotopic (exact) mass is 458 g/mol. The predicted molar refractivity (Wildman–Crippen MR) is 137 cm³/mol. The highest BCUT2D eigenvalue weighted by atomic mass is 16.5. The fourth-order valence-electron chi connectivity index (χ4n) is 3.77. The third-order valence-electron chi connectivity index (χ3n) is 5.76. The zero-order valence-corrected chi connectivity index (χ0v) is 19.5. The van der Waals surface area contributed by atoms with Crippen molar-refractivity contribution >= 4 is 34.6 Å². The number of hydrogen-bond donors (Lipinski definition) is 3. The van der Waals surface area contributed by atoms with Gasteiger partial charge >= 0.3 is 0 Å². The number of ether oxygens (including phenoxy) is 1. The van der Waals surface area contributed by atoms with Crippen molar-refractivity contribution in [2.75, 3.05) is 47.2 Å². The molecule has 0 aliphatic carbocycles. The van der Waals surface area contributed by atoms with Gasteiger partial charge in [0.25, 0.3) is 5.91 Å². The Morgan fingerprint density at radius 3 is 2.18 bits per heavy atom. The lowest BCUT2D eigenvalue weighted by molar-refractivity contribution is -0.116. The van der Waals surface area contributed by atoms with Gasteiger partial charge in [0.05, 0.1) is 18.8 Å². The van der Waals surface area contributed by atoms with E-state index in [1.807, 2.05) is 61.5 Å². The van der Waals surface area contributed by atoms with Crippen LogP contribution in [0.3, 0.4) is 0 Å². The Hall–Kier alpha value is -3.84. The lowest BCUT2D eigenvalue weighted by Crippen LogP contribution is -2.36. The topological polar surface area (TPSA) is 82.7 Å². The number of nitrogens with zero attached hydrogens (tertiary/aromatic N) is 1. The van der Waals surface area contributed by atoms with Gasteiger partial charge in [0.2, 0.25) is 5.91 Å². The minimum absolute atomic E-state index is 0.187. The summed E-state index contributed by atoms with van der Waals surface area (Å²) in [4.78, 5) is 27.9. The molecule has 1 aliphatic heterocycles. The number of para-hydroxylation sites is 1. The fourth-order valence-corrected chi connectivity index (χ4v) is 3.77. The van der Waals surface area contributed by atoms with Crippen LogP contribution in [0.1, 0.15) is 22.8 Å². The molecule has 3 aromatic rings. The molecular weight excluding hydrogens is 428 g/mol. The number of benzene rings is 3. The van der Waals surface area contributed by atoms with E-state index < -0.39 is 6.04 Å². The van der Waals surface area contributed by atoms with Crippen molar-refractivity contribution in [2.24, 2.45) is 0 Å². The average Bonchev–Trinajstić information content (AvgIpc) is 2.86. The maximum absolute atomic E-state index is 12.9. The number of aryl methyl sites for hydroxylation is 1. The van der Waals surface area contributed by atoms with E-state index in [0.717, 1.165) is 48.9 Å². The summed E-state index contributed by atoms with van der Waals surface area (Å²) in [7, 11) is 0. The second kappa shape index (κ2) is 10.9. The zero-order chi connectivity index (χ0) is 23.9. The molecule has 0 saturated carbocycles. The van der Waals surface area contributed by atoms with E-state index >= 15 is 0 Å². The van der Waals surface area contributed by atoms with Crippen LogP contribution in [0.15, 0.2) is 72.8 Å². The van der Waals surface area contributed by atoms with Gasteiger partial charge in [0.15, 0.2) is 0 Å². The highest BCUT2D eigenvalue weighted by Crippen LogP contribution is 2.21. The minimum Gasteiger partial charge on any atom is -0.378 e. The predicted octanol–water partition coefficient (Wildman–Crippen LogP) is 4.52. The van der Waals surface area contributed by atoms with Crippen LogP contribution >= 0.6 is 0 Å². The summed E-state index contributed by atoms with van der Waals surface area (Å²) in [6.07, 6.45) is 0. The van der Waals surface area contributed by atoms with Crippen LogP contribution in [-0.4, -0.2) is 44.2 Å². The van der Waals surface area contributed by atoms with Gasteiger partial charge in [-0.2, -0.15) is 0 Å². The smallest absolute Gasteiger partial charge is 0.257 e. The van der Waals surface area contributed by atoms with Gasteiger partial charge in [-0.05, 0) is 62.4 Å². The molecule has 176 valence electrons. The van der Waals surface area contributed by atoms with Gasteiger partial charge in [-0.1, -0.05) is 29.8 Å². The van der Waals surface area contributed by atoms with E-state index in [9.17, 15) is 9.59 Å². The van der Waals surface area contributed by atoms with E-state index in [1.54, 1.807) is 25.1 Å². The summed E-state index contributed by atoms with van der Waals surface area (Å²) in [5.74, 6) is -0.425. The van der Waals surface area contributed by atoms with Crippen molar-refractivity contribution in [3.63, 3.8) is 0 Å². The van der Waals surface area contributed by atoms with Gasteiger partial charge in [-0.3, -0.25) is 9.59 Å². The number of anilines is 4. The third kappa shape index (κ3) is 5.94. The Kier molecular flexibility index (Phi) is 7.44. The molecule has 0 spiro atoms. The molecule has 3 aromatic carbocycles. The van der Waals surface area contributed by atoms with Gasteiger partial charge in [0, 0.05) is 35.8 Å². The number of morpholine rings is 1. The van der Waals surface area contributed by atoms with Crippen LogP contribution in [0.4, 0.5) is 22.7 Å². The molecule has 3 N–H and O–H groups in total. The Morgan fingerprint density at radius 2 is 1.47 bits per heavy atom. The van der Waals surface area contributed by atoms with Gasteiger partial charge in [-0.25, -0.2) is 0 Å². The molecule has 2 amide bonds. The van der Waals surface area contributed by atoms with Crippen LogP contribution in [0, 0.1) is 6.92 Å². The fraction of sp³-hybridized carbons (Fsp3) is 0.259. The summed E-state index contributed by atoms with van der Waals surface area (Å²) in [6, 6.07) is 22.0. The minimum atomic E-state index is -0.549. The lowest BCUT2D eigenvalue weighted by Gasteiger charge is -2.29. The molecule has 1 saturated heterocycles. The van der Waals surface area contributed by atoms with E-state index in [1.165, 1.54) is 0 Å². The molecule has 1 heterocycles. The van der Waals surface area contributed by atoms with Crippen molar-refractivity contribution in [1.82, 2.24) is 0 Å². The first-order valence-corrected chi connectivity index (χ1v) is 11.5. The highest BCUT2D eigenvalue weighted by molar-refractivity contribution is 6.08. The number of carbonyl (C=O) groups excluding carboxylic acids is 2. The largest absolute Gasteiger partial charge is 0.378 e.